The molecule has 1 aromatic rings. The molecule has 1 aliphatic rings. The van der Waals surface area contributed by atoms with Gasteiger partial charge in [0.15, 0.2) is 0 Å². The summed E-state index contributed by atoms with van der Waals surface area (Å²) in [5, 5.41) is 4.44. The van der Waals surface area contributed by atoms with Crippen LogP contribution in [0.3, 0.4) is 0 Å². The molecule has 108 valence electrons. The maximum absolute atomic E-state index is 11.6. The maximum atomic E-state index is 11.6. The Morgan fingerprint density at radius 1 is 1.30 bits per heavy atom. The fourth-order valence-corrected chi connectivity index (χ4v) is 3.61. The van der Waals surface area contributed by atoms with E-state index in [0.717, 1.165) is 23.1 Å². The van der Waals surface area contributed by atoms with Crippen LogP contribution in [0.25, 0.3) is 6.08 Å². The standard InChI is InChI=1S/C16H20ClNOS/c17-14-8-5-13(6-9-14)7-10-16(19)18-11-12-20-15-3-1-2-4-15/h5-10,15H,1-4,11-12H2,(H,18,19)/b10-7+. The lowest BCUT2D eigenvalue weighted by Crippen LogP contribution is -2.24. The highest BCUT2D eigenvalue weighted by atomic mass is 35.5. The summed E-state index contributed by atoms with van der Waals surface area (Å²) >= 11 is 7.80. The van der Waals surface area contributed by atoms with E-state index in [9.17, 15) is 4.79 Å². The number of carbonyl (C=O) groups excluding carboxylic acids is 1. The Morgan fingerprint density at radius 3 is 2.70 bits per heavy atom. The molecule has 0 aliphatic heterocycles. The van der Waals surface area contributed by atoms with Crippen LogP contribution in [0.1, 0.15) is 31.2 Å². The van der Waals surface area contributed by atoms with Gasteiger partial charge in [0.25, 0.3) is 0 Å². The van der Waals surface area contributed by atoms with Gasteiger partial charge in [-0.05, 0) is 36.6 Å². The normalized spacial score (nSPS) is 15.8. The summed E-state index contributed by atoms with van der Waals surface area (Å²) in [5.74, 6) is 0.970. The molecule has 0 radical (unpaired) electrons. The number of rotatable bonds is 6. The molecular formula is C16H20ClNOS. The lowest BCUT2D eigenvalue weighted by atomic mass is 10.2. The van der Waals surface area contributed by atoms with Crippen molar-refractivity contribution < 1.29 is 4.79 Å². The second-order valence-electron chi connectivity index (χ2n) is 4.95. The van der Waals surface area contributed by atoms with Gasteiger partial charge in [0.05, 0.1) is 0 Å². The van der Waals surface area contributed by atoms with E-state index in [2.05, 4.69) is 5.32 Å². The molecule has 1 aliphatic carbocycles. The summed E-state index contributed by atoms with van der Waals surface area (Å²) in [6.45, 7) is 0.741. The Hall–Kier alpha value is -0.930. The summed E-state index contributed by atoms with van der Waals surface area (Å²) in [6.07, 6.45) is 8.80. The number of hydrogen-bond acceptors (Lipinski definition) is 2. The van der Waals surface area contributed by atoms with Crippen LogP contribution in [-0.4, -0.2) is 23.5 Å². The van der Waals surface area contributed by atoms with E-state index in [1.165, 1.54) is 25.7 Å². The lowest BCUT2D eigenvalue weighted by molar-refractivity contribution is -0.116. The van der Waals surface area contributed by atoms with Crippen LogP contribution in [0.4, 0.5) is 0 Å². The topological polar surface area (TPSA) is 29.1 Å². The van der Waals surface area contributed by atoms with Crippen LogP contribution in [-0.2, 0) is 4.79 Å². The van der Waals surface area contributed by atoms with Gasteiger partial charge in [0, 0.05) is 28.6 Å². The molecule has 0 spiro atoms. The number of nitrogens with one attached hydrogen (secondary N) is 1. The zero-order valence-electron chi connectivity index (χ0n) is 11.5. The van der Waals surface area contributed by atoms with Crippen LogP contribution in [0.2, 0.25) is 5.02 Å². The fraction of sp³-hybridized carbons (Fsp3) is 0.438. The zero-order chi connectivity index (χ0) is 14.2. The SMILES string of the molecule is O=C(/C=C/c1ccc(Cl)cc1)NCCSC1CCCC1. The van der Waals surface area contributed by atoms with Crippen molar-refractivity contribution in [1.82, 2.24) is 5.32 Å². The van der Waals surface area contributed by atoms with E-state index in [-0.39, 0.29) is 5.91 Å². The van der Waals surface area contributed by atoms with Crippen LogP contribution in [0.15, 0.2) is 30.3 Å². The van der Waals surface area contributed by atoms with E-state index in [0.29, 0.717) is 5.02 Å². The van der Waals surface area contributed by atoms with Gasteiger partial charge in [-0.2, -0.15) is 11.8 Å². The molecule has 0 heterocycles. The third-order valence-corrected chi connectivity index (χ3v) is 4.99. The Balaban J connectivity index is 1.63. The molecule has 0 aromatic heterocycles. The van der Waals surface area contributed by atoms with Crippen molar-refractivity contribution in [3.63, 3.8) is 0 Å². The van der Waals surface area contributed by atoms with Gasteiger partial charge in [0.1, 0.15) is 0 Å². The average Bonchev–Trinajstić information content (AvgIpc) is 2.96. The van der Waals surface area contributed by atoms with Crippen molar-refractivity contribution in [1.29, 1.82) is 0 Å². The Morgan fingerprint density at radius 2 is 2.00 bits per heavy atom. The van der Waals surface area contributed by atoms with Gasteiger partial charge in [-0.15, -0.1) is 0 Å². The van der Waals surface area contributed by atoms with Crippen molar-refractivity contribution in [2.45, 2.75) is 30.9 Å². The minimum atomic E-state index is -0.0352. The molecule has 4 heteroatoms. The molecule has 1 fully saturated rings. The van der Waals surface area contributed by atoms with E-state index in [1.54, 1.807) is 12.2 Å². The third-order valence-electron chi connectivity index (χ3n) is 3.35. The second kappa shape index (κ2) is 8.38. The summed E-state index contributed by atoms with van der Waals surface area (Å²) in [7, 11) is 0. The molecule has 2 rings (SSSR count). The fourth-order valence-electron chi connectivity index (χ4n) is 2.26. The average molecular weight is 310 g/mol. The number of amides is 1. The highest BCUT2D eigenvalue weighted by Crippen LogP contribution is 2.28. The predicted octanol–water partition coefficient (Wildman–Crippen LogP) is 4.15. The first-order valence-corrected chi connectivity index (χ1v) is 8.50. The molecule has 1 aromatic carbocycles. The summed E-state index contributed by atoms with van der Waals surface area (Å²) in [5.41, 5.74) is 0.977. The van der Waals surface area contributed by atoms with Gasteiger partial charge in [-0.25, -0.2) is 0 Å². The van der Waals surface area contributed by atoms with Crippen molar-refractivity contribution in [3.05, 3.63) is 40.9 Å². The highest BCUT2D eigenvalue weighted by Gasteiger charge is 2.14. The van der Waals surface area contributed by atoms with Crippen molar-refractivity contribution in [2.75, 3.05) is 12.3 Å². The maximum Gasteiger partial charge on any atom is 0.244 e. The van der Waals surface area contributed by atoms with E-state index >= 15 is 0 Å². The van der Waals surface area contributed by atoms with Gasteiger partial charge in [-0.1, -0.05) is 36.6 Å². The first-order valence-electron chi connectivity index (χ1n) is 7.07. The van der Waals surface area contributed by atoms with Crippen LogP contribution in [0.5, 0.6) is 0 Å². The van der Waals surface area contributed by atoms with Crippen LogP contribution in [0, 0.1) is 0 Å². The summed E-state index contributed by atoms with van der Waals surface area (Å²) < 4.78 is 0. The van der Waals surface area contributed by atoms with Crippen molar-refractivity contribution in [2.24, 2.45) is 0 Å². The number of halogens is 1. The second-order valence-corrected chi connectivity index (χ2v) is 6.80. The van der Waals surface area contributed by atoms with Gasteiger partial charge in [0.2, 0.25) is 5.91 Å². The molecule has 0 saturated heterocycles. The molecule has 1 amide bonds. The minimum absolute atomic E-state index is 0.0352. The molecule has 1 N–H and O–H groups in total. The van der Waals surface area contributed by atoms with E-state index < -0.39 is 0 Å². The van der Waals surface area contributed by atoms with Crippen molar-refractivity contribution in [3.8, 4) is 0 Å². The zero-order valence-corrected chi connectivity index (χ0v) is 13.1. The predicted molar refractivity (Wildman–Crippen MR) is 88.2 cm³/mol. The smallest absolute Gasteiger partial charge is 0.244 e. The van der Waals surface area contributed by atoms with Crippen LogP contribution >= 0.6 is 23.4 Å². The summed E-state index contributed by atoms with van der Waals surface area (Å²) in [4.78, 5) is 11.6. The largest absolute Gasteiger partial charge is 0.352 e. The monoisotopic (exact) mass is 309 g/mol. The van der Waals surface area contributed by atoms with E-state index in [4.69, 9.17) is 11.6 Å². The van der Waals surface area contributed by atoms with Gasteiger partial charge in [-0.3, -0.25) is 4.79 Å². The Labute approximate surface area is 130 Å². The molecule has 2 nitrogen and oxygen atoms in total. The quantitative estimate of drug-likeness (QED) is 0.632. The Kier molecular flexibility index (Phi) is 6.48. The molecule has 1 saturated carbocycles. The first kappa shape index (κ1) is 15.5. The lowest BCUT2D eigenvalue weighted by Gasteiger charge is -2.08. The number of thioether (sulfide) groups is 1. The van der Waals surface area contributed by atoms with Gasteiger partial charge >= 0.3 is 0 Å². The van der Waals surface area contributed by atoms with Crippen molar-refractivity contribution >= 4 is 35.3 Å². The number of carbonyl (C=O) groups is 1. The number of hydrogen-bond donors (Lipinski definition) is 1. The molecule has 0 atom stereocenters. The number of benzene rings is 1. The van der Waals surface area contributed by atoms with Crippen LogP contribution < -0.4 is 5.32 Å². The molecular weight excluding hydrogens is 290 g/mol. The van der Waals surface area contributed by atoms with E-state index in [1.807, 2.05) is 36.0 Å². The Bertz CT molecular complexity index is 452. The minimum Gasteiger partial charge on any atom is -0.352 e. The molecule has 0 unspecified atom stereocenters. The highest BCUT2D eigenvalue weighted by molar-refractivity contribution is 7.99. The summed E-state index contributed by atoms with van der Waals surface area (Å²) in [6, 6.07) is 7.42. The van der Waals surface area contributed by atoms with Gasteiger partial charge < -0.3 is 5.32 Å². The first-order chi connectivity index (χ1) is 9.74. The molecule has 0 bridgehead atoms. The third kappa shape index (κ3) is 5.59. The molecule has 20 heavy (non-hydrogen) atoms.